The van der Waals surface area contributed by atoms with Crippen LogP contribution in [0.4, 0.5) is 4.39 Å². The lowest BCUT2D eigenvalue weighted by molar-refractivity contribution is 0.0917. The maximum absolute atomic E-state index is 12.8. The number of halogens is 1. The topological polar surface area (TPSA) is 58.6 Å². The van der Waals surface area contributed by atoms with E-state index in [0.717, 1.165) is 0 Å². The van der Waals surface area contributed by atoms with E-state index in [1.54, 1.807) is 11.4 Å². The highest BCUT2D eigenvalue weighted by Crippen LogP contribution is 2.24. The van der Waals surface area contributed by atoms with Gasteiger partial charge in [0.2, 0.25) is 0 Å². The van der Waals surface area contributed by atoms with Gasteiger partial charge >= 0.3 is 0 Å². The van der Waals surface area contributed by atoms with Gasteiger partial charge in [-0.2, -0.15) is 0 Å². The standard InChI is InChI=1S/C14H14FNO3S/c1-19-12-6-7-20-13(12)14(18)16-8-11(17)9-2-4-10(15)5-3-9/h2-7,11,17H,8H2,1H3,(H,16,18). The average Bonchev–Trinajstić information content (AvgIpc) is 2.93. The van der Waals surface area contributed by atoms with Crippen molar-refractivity contribution in [2.45, 2.75) is 6.10 Å². The van der Waals surface area contributed by atoms with Gasteiger partial charge in [-0.15, -0.1) is 11.3 Å². The third-order valence-corrected chi connectivity index (χ3v) is 3.66. The quantitative estimate of drug-likeness (QED) is 0.890. The number of amides is 1. The molecule has 2 rings (SSSR count). The predicted octanol–water partition coefficient (Wildman–Crippen LogP) is 2.36. The molecular weight excluding hydrogens is 281 g/mol. The van der Waals surface area contributed by atoms with Gasteiger partial charge in [0.25, 0.3) is 5.91 Å². The molecule has 0 aliphatic rings. The molecule has 1 amide bonds. The SMILES string of the molecule is COc1ccsc1C(=O)NCC(O)c1ccc(F)cc1. The van der Waals surface area contributed by atoms with Gasteiger partial charge in [-0.1, -0.05) is 12.1 Å². The maximum atomic E-state index is 12.8. The summed E-state index contributed by atoms with van der Waals surface area (Å²) in [6, 6.07) is 7.21. The van der Waals surface area contributed by atoms with E-state index >= 15 is 0 Å². The molecule has 0 radical (unpaired) electrons. The highest BCUT2D eigenvalue weighted by atomic mass is 32.1. The van der Waals surface area contributed by atoms with Crippen LogP contribution in [0.15, 0.2) is 35.7 Å². The first kappa shape index (κ1) is 14.5. The summed E-state index contributed by atoms with van der Waals surface area (Å²) in [5, 5.41) is 14.3. The second-order valence-corrected chi connectivity index (χ2v) is 5.01. The molecule has 0 aliphatic heterocycles. The fourth-order valence-corrected chi connectivity index (χ4v) is 2.47. The van der Waals surface area contributed by atoms with E-state index in [1.807, 2.05) is 0 Å². The summed E-state index contributed by atoms with van der Waals surface area (Å²) in [5.74, 6) is -0.171. The zero-order valence-electron chi connectivity index (χ0n) is 10.8. The van der Waals surface area contributed by atoms with Crippen molar-refractivity contribution in [3.8, 4) is 5.75 Å². The van der Waals surface area contributed by atoms with Gasteiger partial charge in [0.1, 0.15) is 16.4 Å². The molecule has 20 heavy (non-hydrogen) atoms. The highest BCUT2D eigenvalue weighted by Gasteiger charge is 2.15. The molecule has 0 saturated heterocycles. The van der Waals surface area contributed by atoms with Gasteiger partial charge in [-0.25, -0.2) is 4.39 Å². The summed E-state index contributed by atoms with van der Waals surface area (Å²) in [5.41, 5.74) is 0.546. The first-order valence-electron chi connectivity index (χ1n) is 5.95. The van der Waals surface area contributed by atoms with Crippen LogP contribution in [0, 0.1) is 5.82 Å². The Labute approximate surface area is 119 Å². The Morgan fingerprint density at radius 1 is 1.40 bits per heavy atom. The second kappa shape index (κ2) is 6.49. The first-order valence-corrected chi connectivity index (χ1v) is 6.83. The number of aliphatic hydroxyl groups is 1. The van der Waals surface area contributed by atoms with E-state index in [1.165, 1.54) is 42.7 Å². The van der Waals surface area contributed by atoms with Crippen molar-refractivity contribution in [2.24, 2.45) is 0 Å². The van der Waals surface area contributed by atoms with Gasteiger partial charge in [0, 0.05) is 6.54 Å². The van der Waals surface area contributed by atoms with Crippen molar-refractivity contribution in [1.82, 2.24) is 5.32 Å². The van der Waals surface area contributed by atoms with Gasteiger partial charge in [-0.3, -0.25) is 4.79 Å². The van der Waals surface area contributed by atoms with Gasteiger partial charge in [0.15, 0.2) is 0 Å². The number of methoxy groups -OCH3 is 1. The summed E-state index contributed by atoms with van der Waals surface area (Å²) in [7, 11) is 1.49. The largest absolute Gasteiger partial charge is 0.495 e. The van der Waals surface area contributed by atoms with Crippen LogP contribution in [0.3, 0.4) is 0 Å². The molecule has 0 aliphatic carbocycles. The average molecular weight is 295 g/mol. The molecular formula is C14H14FNO3S. The van der Waals surface area contributed by atoms with E-state index < -0.39 is 6.10 Å². The molecule has 0 saturated carbocycles. The highest BCUT2D eigenvalue weighted by molar-refractivity contribution is 7.12. The number of carbonyl (C=O) groups excluding carboxylic acids is 1. The van der Waals surface area contributed by atoms with Crippen LogP contribution < -0.4 is 10.1 Å². The van der Waals surface area contributed by atoms with Gasteiger partial charge in [0.05, 0.1) is 13.2 Å². The van der Waals surface area contributed by atoms with Crippen molar-refractivity contribution in [3.05, 3.63) is 52.0 Å². The fraction of sp³-hybridized carbons (Fsp3) is 0.214. The van der Waals surface area contributed by atoms with Crippen LogP contribution in [0.1, 0.15) is 21.3 Å². The number of hydrogen-bond acceptors (Lipinski definition) is 4. The van der Waals surface area contributed by atoms with Crippen molar-refractivity contribution < 1.29 is 19.0 Å². The third kappa shape index (κ3) is 3.34. The van der Waals surface area contributed by atoms with Gasteiger partial charge in [-0.05, 0) is 29.1 Å². The summed E-state index contributed by atoms with van der Waals surface area (Å²) in [4.78, 5) is 12.4. The molecule has 1 aromatic heterocycles. The molecule has 1 atom stereocenters. The van der Waals surface area contributed by atoms with Crippen LogP contribution in [-0.4, -0.2) is 24.7 Å². The van der Waals surface area contributed by atoms with E-state index in [4.69, 9.17) is 4.74 Å². The summed E-state index contributed by atoms with van der Waals surface area (Å²) < 4.78 is 17.8. The second-order valence-electron chi connectivity index (χ2n) is 4.10. The van der Waals surface area contributed by atoms with Crippen molar-refractivity contribution in [1.29, 1.82) is 0 Å². The minimum Gasteiger partial charge on any atom is -0.495 e. The molecule has 1 unspecified atom stereocenters. The number of rotatable bonds is 5. The molecule has 4 nitrogen and oxygen atoms in total. The fourth-order valence-electron chi connectivity index (χ4n) is 1.70. The molecule has 1 aromatic carbocycles. The molecule has 0 spiro atoms. The number of thiophene rings is 1. The Hall–Kier alpha value is -1.92. The lowest BCUT2D eigenvalue weighted by Gasteiger charge is -2.12. The Kier molecular flexibility index (Phi) is 4.70. The zero-order valence-corrected chi connectivity index (χ0v) is 11.6. The lowest BCUT2D eigenvalue weighted by atomic mass is 10.1. The lowest BCUT2D eigenvalue weighted by Crippen LogP contribution is -2.28. The molecule has 0 fully saturated rings. The maximum Gasteiger partial charge on any atom is 0.265 e. The van der Waals surface area contributed by atoms with Crippen LogP contribution in [0.25, 0.3) is 0 Å². The van der Waals surface area contributed by atoms with E-state index in [-0.39, 0.29) is 18.3 Å². The Morgan fingerprint density at radius 3 is 2.75 bits per heavy atom. The van der Waals surface area contributed by atoms with E-state index in [0.29, 0.717) is 16.2 Å². The summed E-state index contributed by atoms with van der Waals surface area (Å²) >= 11 is 1.26. The normalized spacial score (nSPS) is 11.9. The molecule has 106 valence electrons. The van der Waals surface area contributed by atoms with Crippen LogP contribution in [0.2, 0.25) is 0 Å². The predicted molar refractivity (Wildman–Crippen MR) is 74.6 cm³/mol. The third-order valence-electron chi connectivity index (χ3n) is 2.77. The number of hydrogen-bond donors (Lipinski definition) is 2. The number of ether oxygens (including phenoxy) is 1. The van der Waals surface area contributed by atoms with Crippen LogP contribution in [-0.2, 0) is 0 Å². The first-order chi connectivity index (χ1) is 9.61. The Balaban J connectivity index is 1.95. The molecule has 1 heterocycles. The van der Waals surface area contributed by atoms with Crippen molar-refractivity contribution in [2.75, 3.05) is 13.7 Å². The van der Waals surface area contributed by atoms with Gasteiger partial charge < -0.3 is 15.2 Å². The van der Waals surface area contributed by atoms with Crippen molar-refractivity contribution in [3.63, 3.8) is 0 Å². The minimum atomic E-state index is -0.884. The number of benzene rings is 1. The van der Waals surface area contributed by atoms with Crippen molar-refractivity contribution >= 4 is 17.2 Å². The monoisotopic (exact) mass is 295 g/mol. The summed E-state index contributed by atoms with van der Waals surface area (Å²) in [6.45, 7) is 0.0471. The molecule has 2 aromatic rings. The zero-order chi connectivity index (χ0) is 14.5. The number of nitrogens with one attached hydrogen (secondary N) is 1. The minimum absolute atomic E-state index is 0.0471. The van der Waals surface area contributed by atoms with E-state index in [2.05, 4.69) is 5.32 Å². The Morgan fingerprint density at radius 2 is 2.10 bits per heavy atom. The number of carbonyl (C=O) groups is 1. The Bertz CT molecular complexity index is 582. The van der Waals surface area contributed by atoms with E-state index in [9.17, 15) is 14.3 Å². The number of aliphatic hydroxyl groups excluding tert-OH is 1. The summed E-state index contributed by atoms with van der Waals surface area (Å²) in [6.07, 6.45) is -0.884. The molecule has 2 N–H and O–H groups in total. The molecule has 0 bridgehead atoms. The van der Waals surface area contributed by atoms with Crippen LogP contribution >= 0.6 is 11.3 Å². The molecule has 6 heteroatoms. The van der Waals surface area contributed by atoms with Crippen LogP contribution in [0.5, 0.6) is 5.75 Å². The smallest absolute Gasteiger partial charge is 0.265 e.